The van der Waals surface area contributed by atoms with Crippen LogP contribution in [0.1, 0.15) is 24.2 Å². The maximum absolute atomic E-state index is 13.0. The summed E-state index contributed by atoms with van der Waals surface area (Å²) in [5.41, 5.74) is 1.77. The number of ether oxygens (including phenoxy) is 1. The van der Waals surface area contributed by atoms with Crippen LogP contribution in [0.3, 0.4) is 0 Å². The number of nitrogens with zero attached hydrogens (tertiary/aromatic N) is 2. The van der Waals surface area contributed by atoms with Crippen LogP contribution in [-0.2, 0) is 4.74 Å². The lowest BCUT2D eigenvalue weighted by Crippen LogP contribution is -2.45. The Hall–Kier alpha value is -1.85. The zero-order valence-electron chi connectivity index (χ0n) is 13.9. The maximum atomic E-state index is 13.0. The number of aromatic nitrogens is 1. The highest BCUT2D eigenvalue weighted by Crippen LogP contribution is 2.20. The molecule has 1 N–H and O–H groups in total. The molecule has 2 heterocycles. The Bertz CT molecular complexity index is 659. The Kier molecular flexibility index (Phi) is 4.98. The molecule has 1 saturated heterocycles. The smallest absolute Gasteiger partial charge is 0.256 e. The van der Waals surface area contributed by atoms with Crippen molar-refractivity contribution in [2.45, 2.75) is 19.9 Å². The Balaban J connectivity index is 1.73. The second-order valence-electron chi connectivity index (χ2n) is 6.29. The van der Waals surface area contributed by atoms with Crippen molar-refractivity contribution < 1.29 is 9.53 Å². The van der Waals surface area contributed by atoms with Crippen molar-refractivity contribution in [3.63, 3.8) is 0 Å². The van der Waals surface area contributed by atoms with Gasteiger partial charge in [-0.3, -0.25) is 9.69 Å². The molecule has 0 bridgehead atoms. The van der Waals surface area contributed by atoms with Gasteiger partial charge in [0.2, 0.25) is 0 Å². The van der Waals surface area contributed by atoms with E-state index in [1.807, 2.05) is 35.4 Å². The number of nitrogens with one attached hydrogen (secondary N) is 1. The highest BCUT2D eigenvalue weighted by atomic mass is 16.5. The summed E-state index contributed by atoms with van der Waals surface area (Å²) in [6.45, 7) is 9.28. The van der Waals surface area contributed by atoms with Gasteiger partial charge in [-0.05, 0) is 19.9 Å². The standard InChI is InChI=1S/C18H25N3O2/c1-14(2)21(8-7-20-9-11-23-12-10-20)18(22)16-13-19-17-6-4-3-5-15(16)17/h3-6,13-14,19H,7-12H2,1-2H3. The van der Waals surface area contributed by atoms with E-state index in [1.54, 1.807) is 0 Å². The number of carbonyl (C=O) groups is 1. The largest absolute Gasteiger partial charge is 0.379 e. The summed E-state index contributed by atoms with van der Waals surface area (Å²) in [7, 11) is 0. The van der Waals surface area contributed by atoms with Crippen LogP contribution in [0.2, 0.25) is 0 Å². The van der Waals surface area contributed by atoms with Crippen LogP contribution < -0.4 is 0 Å². The average Bonchev–Trinajstić information content (AvgIpc) is 2.99. The van der Waals surface area contributed by atoms with Crippen molar-refractivity contribution in [2.24, 2.45) is 0 Å². The van der Waals surface area contributed by atoms with Crippen molar-refractivity contribution in [3.05, 3.63) is 36.0 Å². The molecule has 3 rings (SSSR count). The van der Waals surface area contributed by atoms with Gasteiger partial charge in [-0.2, -0.15) is 0 Å². The lowest BCUT2D eigenvalue weighted by molar-refractivity contribution is 0.0307. The van der Waals surface area contributed by atoms with E-state index in [4.69, 9.17) is 4.74 Å². The van der Waals surface area contributed by atoms with Crippen LogP contribution in [0.15, 0.2) is 30.5 Å². The molecule has 1 aromatic heterocycles. The molecule has 2 aromatic rings. The first-order valence-electron chi connectivity index (χ1n) is 8.34. The van der Waals surface area contributed by atoms with Gasteiger partial charge in [0.15, 0.2) is 0 Å². The highest BCUT2D eigenvalue weighted by Gasteiger charge is 2.22. The van der Waals surface area contributed by atoms with E-state index in [2.05, 4.69) is 23.7 Å². The van der Waals surface area contributed by atoms with E-state index in [0.29, 0.717) is 0 Å². The second-order valence-corrected chi connectivity index (χ2v) is 6.29. The molecule has 1 aromatic carbocycles. The zero-order chi connectivity index (χ0) is 16.2. The molecule has 124 valence electrons. The summed E-state index contributed by atoms with van der Waals surface area (Å²) in [5, 5.41) is 0.995. The van der Waals surface area contributed by atoms with Crippen molar-refractivity contribution in [1.82, 2.24) is 14.8 Å². The minimum atomic E-state index is 0.103. The van der Waals surface area contributed by atoms with Gasteiger partial charge in [0.25, 0.3) is 5.91 Å². The van der Waals surface area contributed by atoms with Gasteiger partial charge in [-0.1, -0.05) is 18.2 Å². The number of hydrogen-bond donors (Lipinski definition) is 1. The fourth-order valence-corrected chi connectivity index (χ4v) is 3.07. The average molecular weight is 315 g/mol. The molecule has 1 aliphatic rings. The van der Waals surface area contributed by atoms with Crippen LogP contribution in [0.5, 0.6) is 0 Å². The van der Waals surface area contributed by atoms with Crippen LogP contribution >= 0.6 is 0 Å². The van der Waals surface area contributed by atoms with E-state index in [9.17, 15) is 4.79 Å². The lowest BCUT2D eigenvalue weighted by Gasteiger charge is -2.32. The Morgan fingerprint density at radius 1 is 1.30 bits per heavy atom. The number of amides is 1. The number of fused-ring (bicyclic) bond motifs is 1. The number of para-hydroxylation sites is 1. The maximum Gasteiger partial charge on any atom is 0.256 e. The minimum absolute atomic E-state index is 0.103. The highest BCUT2D eigenvalue weighted by molar-refractivity contribution is 6.06. The van der Waals surface area contributed by atoms with Crippen LogP contribution in [-0.4, -0.2) is 66.1 Å². The summed E-state index contributed by atoms with van der Waals surface area (Å²) < 4.78 is 5.38. The van der Waals surface area contributed by atoms with Gasteiger partial charge in [-0.15, -0.1) is 0 Å². The molecular formula is C18H25N3O2. The van der Waals surface area contributed by atoms with Gasteiger partial charge in [0.1, 0.15) is 0 Å². The Morgan fingerprint density at radius 2 is 2.04 bits per heavy atom. The number of benzene rings is 1. The normalized spacial score (nSPS) is 16.1. The molecule has 0 spiro atoms. The molecular weight excluding hydrogens is 290 g/mol. The summed E-state index contributed by atoms with van der Waals surface area (Å²) in [6.07, 6.45) is 1.83. The monoisotopic (exact) mass is 315 g/mol. The molecule has 0 saturated carbocycles. The van der Waals surface area contributed by atoms with Gasteiger partial charge in [0.05, 0.1) is 18.8 Å². The van der Waals surface area contributed by atoms with Gasteiger partial charge in [-0.25, -0.2) is 0 Å². The molecule has 0 unspecified atom stereocenters. The number of aromatic amines is 1. The molecule has 0 atom stereocenters. The van der Waals surface area contributed by atoms with Crippen molar-refractivity contribution in [3.8, 4) is 0 Å². The molecule has 0 aliphatic carbocycles. The third-order valence-corrected chi connectivity index (χ3v) is 4.46. The van der Waals surface area contributed by atoms with Crippen molar-refractivity contribution >= 4 is 16.8 Å². The number of carbonyl (C=O) groups excluding carboxylic acids is 1. The van der Waals surface area contributed by atoms with E-state index >= 15 is 0 Å². The van der Waals surface area contributed by atoms with E-state index in [0.717, 1.165) is 55.9 Å². The third-order valence-electron chi connectivity index (χ3n) is 4.46. The first-order valence-corrected chi connectivity index (χ1v) is 8.34. The first kappa shape index (κ1) is 16.0. The van der Waals surface area contributed by atoms with Gasteiger partial charge < -0.3 is 14.6 Å². The van der Waals surface area contributed by atoms with Crippen LogP contribution in [0.4, 0.5) is 0 Å². The fourth-order valence-electron chi connectivity index (χ4n) is 3.07. The SMILES string of the molecule is CC(C)N(CCN1CCOCC1)C(=O)c1c[nH]c2ccccc12. The topological polar surface area (TPSA) is 48.6 Å². The zero-order valence-corrected chi connectivity index (χ0v) is 13.9. The third kappa shape index (κ3) is 3.57. The fraction of sp³-hybridized carbons (Fsp3) is 0.500. The van der Waals surface area contributed by atoms with Gasteiger partial charge >= 0.3 is 0 Å². The first-order chi connectivity index (χ1) is 11.2. The van der Waals surface area contributed by atoms with E-state index in [1.165, 1.54) is 0 Å². The molecule has 1 aliphatic heterocycles. The quantitative estimate of drug-likeness (QED) is 0.921. The van der Waals surface area contributed by atoms with Crippen LogP contribution in [0.25, 0.3) is 10.9 Å². The predicted molar refractivity (Wildman–Crippen MR) is 91.7 cm³/mol. The minimum Gasteiger partial charge on any atom is -0.379 e. The Labute approximate surface area is 137 Å². The van der Waals surface area contributed by atoms with Crippen molar-refractivity contribution in [2.75, 3.05) is 39.4 Å². The lowest BCUT2D eigenvalue weighted by atomic mass is 10.1. The van der Waals surface area contributed by atoms with E-state index in [-0.39, 0.29) is 11.9 Å². The predicted octanol–water partition coefficient (Wildman–Crippen LogP) is 2.35. The summed E-state index contributed by atoms with van der Waals surface area (Å²) in [5.74, 6) is 0.103. The number of rotatable bonds is 5. The molecule has 1 fully saturated rings. The van der Waals surface area contributed by atoms with Gasteiger partial charge in [0, 0.05) is 49.3 Å². The second kappa shape index (κ2) is 7.15. The van der Waals surface area contributed by atoms with E-state index < -0.39 is 0 Å². The number of morpholine rings is 1. The summed E-state index contributed by atoms with van der Waals surface area (Å²) in [6, 6.07) is 8.13. The molecule has 0 radical (unpaired) electrons. The van der Waals surface area contributed by atoms with Crippen molar-refractivity contribution in [1.29, 1.82) is 0 Å². The summed E-state index contributed by atoms with van der Waals surface area (Å²) >= 11 is 0. The summed E-state index contributed by atoms with van der Waals surface area (Å²) in [4.78, 5) is 20.5. The molecule has 5 nitrogen and oxygen atoms in total. The Morgan fingerprint density at radius 3 is 2.78 bits per heavy atom. The van der Waals surface area contributed by atoms with Crippen LogP contribution in [0, 0.1) is 0 Å². The molecule has 1 amide bonds. The molecule has 23 heavy (non-hydrogen) atoms. The molecule has 5 heteroatoms. The number of hydrogen-bond acceptors (Lipinski definition) is 3. The number of H-pyrrole nitrogens is 1.